The molecule has 2 aromatic carbocycles. The number of hydrogen-bond acceptors (Lipinski definition) is 3. The van der Waals surface area contributed by atoms with E-state index in [2.05, 4.69) is 24.4 Å². The minimum Gasteiger partial charge on any atom is -0.489 e. The fourth-order valence-electron chi connectivity index (χ4n) is 2.04. The first-order chi connectivity index (χ1) is 10.3. The molecule has 21 heavy (non-hydrogen) atoms. The van der Waals surface area contributed by atoms with Gasteiger partial charge >= 0.3 is 0 Å². The third-order valence-electron chi connectivity index (χ3n) is 3.26. The standard InChI is InChI=1S/C18H23NO2/c1-3-16(13-19-2)21-18-11-9-17(10-12-18)20-14-15-7-5-4-6-8-15/h4-12,16,19H,3,13-14H2,1-2H3. The fraction of sp³-hybridized carbons (Fsp3) is 0.333. The molecule has 2 aromatic rings. The van der Waals surface area contributed by atoms with Crippen LogP contribution in [0.4, 0.5) is 0 Å². The van der Waals surface area contributed by atoms with Crippen molar-refractivity contribution in [2.75, 3.05) is 13.6 Å². The normalized spacial score (nSPS) is 11.9. The molecule has 0 aliphatic heterocycles. The van der Waals surface area contributed by atoms with Crippen molar-refractivity contribution in [3.05, 3.63) is 60.2 Å². The Morgan fingerprint density at radius 2 is 1.62 bits per heavy atom. The molecule has 0 saturated heterocycles. The Balaban J connectivity index is 1.87. The highest BCUT2D eigenvalue weighted by Gasteiger charge is 2.06. The van der Waals surface area contributed by atoms with E-state index in [1.807, 2.05) is 49.5 Å². The van der Waals surface area contributed by atoms with E-state index in [4.69, 9.17) is 9.47 Å². The molecule has 0 aliphatic carbocycles. The highest BCUT2D eigenvalue weighted by molar-refractivity contribution is 5.31. The van der Waals surface area contributed by atoms with Gasteiger partial charge in [0.2, 0.25) is 0 Å². The molecule has 0 fully saturated rings. The summed E-state index contributed by atoms with van der Waals surface area (Å²) >= 11 is 0. The first-order valence-corrected chi connectivity index (χ1v) is 7.40. The van der Waals surface area contributed by atoms with Gasteiger partial charge in [0.05, 0.1) is 0 Å². The van der Waals surface area contributed by atoms with Crippen LogP contribution >= 0.6 is 0 Å². The van der Waals surface area contributed by atoms with Gasteiger partial charge in [0.15, 0.2) is 0 Å². The van der Waals surface area contributed by atoms with E-state index in [-0.39, 0.29) is 6.10 Å². The quantitative estimate of drug-likeness (QED) is 0.803. The minimum absolute atomic E-state index is 0.200. The lowest BCUT2D eigenvalue weighted by molar-refractivity contribution is 0.196. The second-order valence-electron chi connectivity index (χ2n) is 4.95. The summed E-state index contributed by atoms with van der Waals surface area (Å²) in [6.45, 7) is 3.56. The summed E-state index contributed by atoms with van der Waals surface area (Å²) in [5.41, 5.74) is 1.16. The van der Waals surface area contributed by atoms with Crippen molar-refractivity contribution >= 4 is 0 Å². The number of hydrogen-bond donors (Lipinski definition) is 1. The molecule has 1 N–H and O–H groups in total. The molecule has 1 atom stereocenters. The van der Waals surface area contributed by atoms with E-state index < -0.39 is 0 Å². The van der Waals surface area contributed by atoms with Crippen LogP contribution in [0.3, 0.4) is 0 Å². The zero-order chi connectivity index (χ0) is 14.9. The van der Waals surface area contributed by atoms with Crippen LogP contribution in [-0.2, 0) is 6.61 Å². The van der Waals surface area contributed by atoms with E-state index in [0.29, 0.717) is 6.61 Å². The summed E-state index contributed by atoms with van der Waals surface area (Å²) < 4.78 is 11.7. The van der Waals surface area contributed by atoms with E-state index in [9.17, 15) is 0 Å². The molecule has 2 rings (SSSR count). The Bertz CT molecular complexity index is 511. The van der Waals surface area contributed by atoms with Gasteiger partial charge in [0.1, 0.15) is 24.2 Å². The molecule has 0 aliphatic rings. The van der Waals surface area contributed by atoms with Crippen molar-refractivity contribution in [2.45, 2.75) is 26.1 Å². The van der Waals surface area contributed by atoms with E-state index in [1.54, 1.807) is 0 Å². The van der Waals surface area contributed by atoms with Crippen LogP contribution in [0.5, 0.6) is 11.5 Å². The van der Waals surface area contributed by atoms with Gasteiger partial charge in [-0.3, -0.25) is 0 Å². The Hall–Kier alpha value is -2.00. The zero-order valence-electron chi connectivity index (χ0n) is 12.7. The van der Waals surface area contributed by atoms with Crippen LogP contribution in [0.15, 0.2) is 54.6 Å². The molecule has 0 heterocycles. The van der Waals surface area contributed by atoms with Gasteiger partial charge in [-0.25, -0.2) is 0 Å². The highest BCUT2D eigenvalue weighted by Crippen LogP contribution is 2.20. The molecule has 0 aromatic heterocycles. The zero-order valence-corrected chi connectivity index (χ0v) is 12.7. The number of rotatable bonds is 8. The smallest absolute Gasteiger partial charge is 0.120 e. The maximum absolute atomic E-state index is 5.90. The monoisotopic (exact) mass is 285 g/mol. The first-order valence-electron chi connectivity index (χ1n) is 7.40. The van der Waals surface area contributed by atoms with E-state index in [0.717, 1.165) is 30.0 Å². The van der Waals surface area contributed by atoms with Crippen molar-refractivity contribution < 1.29 is 9.47 Å². The molecule has 0 saturated carbocycles. The predicted molar refractivity (Wildman–Crippen MR) is 85.8 cm³/mol. The lowest BCUT2D eigenvalue weighted by Gasteiger charge is -2.17. The van der Waals surface area contributed by atoms with Gasteiger partial charge in [-0.15, -0.1) is 0 Å². The molecule has 3 heteroatoms. The maximum atomic E-state index is 5.90. The predicted octanol–water partition coefficient (Wildman–Crippen LogP) is 3.64. The van der Waals surface area contributed by atoms with Gasteiger partial charge in [-0.2, -0.15) is 0 Å². The Labute approximate surface area is 126 Å². The van der Waals surface area contributed by atoms with Crippen molar-refractivity contribution in [3.8, 4) is 11.5 Å². The molecule has 1 unspecified atom stereocenters. The summed E-state index contributed by atoms with van der Waals surface area (Å²) in [6.07, 6.45) is 1.18. The van der Waals surface area contributed by atoms with Crippen LogP contribution in [-0.4, -0.2) is 19.7 Å². The summed E-state index contributed by atoms with van der Waals surface area (Å²) in [6, 6.07) is 18.0. The number of nitrogens with one attached hydrogen (secondary N) is 1. The molecular formula is C18H23NO2. The van der Waals surface area contributed by atoms with E-state index in [1.165, 1.54) is 0 Å². The summed E-state index contributed by atoms with van der Waals surface area (Å²) in [7, 11) is 1.94. The summed E-state index contributed by atoms with van der Waals surface area (Å²) in [5.74, 6) is 1.73. The Morgan fingerprint density at radius 3 is 2.24 bits per heavy atom. The van der Waals surface area contributed by atoms with Crippen LogP contribution in [0, 0.1) is 0 Å². The molecule has 112 valence electrons. The largest absolute Gasteiger partial charge is 0.489 e. The Morgan fingerprint density at radius 1 is 0.952 bits per heavy atom. The van der Waals surface area contributed by atoms with Gasteiger partial charge in [0.25, 0.3) is 0 Å². The molecule has 0 bridgehead atoms. The van der Waals surface area contributed by atoms with Crippen LogP contribution in [0.1, 0.15) is 18.9 Å². The summed E-state index contributed by atoms with van der Waals surface area (Å²) in [4.78, 5) is 0. The second kappa shape index (κ2) is 8.32. The highest BCUT2D eigenvalue weighted by atomic mass is 16.5. The number of likely N-dealkylation sites (N-methyl/N-ethyl adjacent to an activating group) is 1. The van der Waals surface area contributed by atoms with Gasteiger partial charge in [-0.05, 0) is 43.3 Å². The van der Waals surface area contributed by atoms with Crippen LogP contribution < -0.4 is 14.8 Å². The van der Waals surface area contributed by atoms with Crippen molar-refractivity contribution in [1.29, 1.82) is 0 Å². The number of ether oxygens (including phenoxy) is 2. The first kappa shape index (κ1) is 15.4. The number of benzene rings is 2. The topological polar surface area (TPSA) is 30.5 Å². The average Bonchev–Trinajstić information content (AvgIpc) is 2.54. The van der Waals surface area contributed by atoms with Crippen molar-refractivity contribution in [3.63, 3.8) is 0 Å². The molecule has 0 amide bonds. The lowest BCUT2D eigenvalue weighted by atomic mass is 10.2. The summed E-state index contributed by atoms with van der Waals surface area (Å²) in [5, 5.41) is 3.14. The molecule has 0 radical (unpaired) electrons. The van der Waals surface area contributed by atoms with Gasteiger partial charge in [-0.1, -0.05) is 37.3 Å². The maximum Gasteiger partial charge on any atom is 0.120 e. The Kier molecular flexibility index (Phi) is 6.10. The van der Waals surface area contributed by atoms with Gasteiger partial charge < -0.3 is 14.8 Å². The SMILES string of the molecule is CCC(CNC)Oc1ccc(OCc2ccccc2)cc1. The minimum atomic E-state index is 0.200. The average molecular weight is 285 g/mol. The molecule has 0 spiro atoms. The van der Waals surface area contributed by atoms with Gasteiger partial charge in [0, 0.05) is 6.54 Å². The van der Waals surface area contributed by atoms with Crippen molar-refractivity contribution in [1.82, 2.24) is 5.32 Å². The second-order valence-corrected chi connectivity index (χ2v) is 4.95. The third-order valence-corrected chi connectivity index (χ3v) is 3.26. The lowest BCUT2D eigenvalue weighted by Crippen LogP contribution is -2.28. The van der Waals surface area contributed by atoms with Crippen LogP contribution in [0.2, 0.25) is 0 Å². The fourth-order valence-corrected chi connectivity index (χ4v) is 2.04. The molecule has 3 nitrogen and oxygen atoms in total. The van der Waals surface area contributed by atoms with Crippen LogP contribution in [0.25, 0.3) is 0 Å². The third kappa shape index (κ3) is 5.12. The van der Waals surface area contributed by atoms with E-state index >= 15 is 0 Å². The molecular weight excluding hydrogens is 262 g/mol. The van der Waals surface area contributed by atoms with Crippen molar-refractivity contribution in [2.24, 2.45) is 0 Å².